The highest BCUT2D eigenvalue weighted by Crippen LogP contribution is 2.33. The first-order chi connectivity index (χ1) is 10.6. The van der Waals surface area contributed by atoms with Crippen molar-refractivity contribution in [3.8, 4) is 0 Å². The number of rotatable bonds is 6. The monoisotopic (exact) mass is 320 g/mol. The Bertz CT molecular complexity index is 607. The minimum atomic E-state index is 0.169. The summed E-state index contributed by atoms with van der Waals surface area (Å²) in [7, 11) is 1.94. The molecule has 0 aliphatic carbocycles. The molecular formula is C16H24N4OS. The number of aromatic nitrogens is 3. The smallest absolute Gasteiger partial charge is 0.0954 e. The van der Waals surface area contributed by atoms with E-state index in [0.717, 1.165) is 31.8 Å². The van der Waals surface area contributed by atoms with Crippen LogP contribution in [-0.2, 0) is 18.3 Å². The van der Waals surface area contributed by atoms with Crippen LogP contribution in [-0.4, -0.2) is 27.9 Å². The topological polar surface area (TPSA) is 52.0 Å². The highest BCUT2D eigenvalue weighted by Gasteiger charge is 2.30. The number of nitrogens with one attached hydrogen (secondary N) is 1. The molecule has 1 fully saturated rings. The van der Waals surface area contributed by atoms with E-state index in [1.807, 2.05) is 17.9 Å². The first-order valence-corrected chi connectivity index (χ1v) is 8.76. The Balaban J connectivity index is 1.52. The number of ether oxygens (including phenoxy) is 1. The van der Waals surface area contributed by atoms with E-state index in [0.29, 0.717) is 11.8 Å². The third-order valence-electron chi connectivity index (χ3n) is 4.04. The SMILES string of the molecule is CC(C)c1nc(CNC[C@H]2CCO[C@@H]2c2cnn(C)c2)cs1. The summed E-state index contributed by atoms with van der Waals surface area (Å²) in [6.07, 6.45) is 5.24. The molecule has 2 atom stereocenters. The Morgan fingerprint density at radius 1 is 1.50 bits per heavy atom. The van der Waals surface area contributed by atoms with E-state index in [-0.39, 0.29) is 6.10 Å². The van der Waals surface area contributed by atoms with E-state index in [9.17, 15) is 0 Å². The van der Waals surface area contributed by atoms with Crippen molar-refractivity contribution in [2.24, 2.45) is 13.0 Å². The van der Waals surface area contributed by atoms with Crippen LogP contribution in [0.3, 0.4) is 0 Å². The average Bonchev–Trinajstić information content (AvgIpc) is 3.18. The van der Waals surface area contributed by atoms with Gasteiger partial charge in [0.05, 0.1) is 23.0 Å². The Morgan fingerprint density at radius 3 is 3.05 bits per heavy atom. The fraction of sp³-hybridized carbons (Fsp3) is 0.625. The van der Waals surface area contributed by atoms with Crippen molar-refractivity contribution >= 4 is 11.3 Å². The van der Waals surface area contributed by atoms with Gasteiger partial charge >= 0.3 is 0 Å². The Kier molecular flexibility index (Phi) is 4.90. The molecule has 6 heteroatoms. The lowest BCUT2D eigenvalue weighted by atomic mass is 9.97. The van der Waals surface area contributed by atoms with Crippen molar-refractivity contribution in [1.29, 1.82) is 0 Å². The van der Waals surface area contributed by atoms with Crippen LogP contribution in [0.4, 0.5) is 0 Å². The lowest BCUT2D eigenvalue weighted by molar-refractivity contribution is 0.0904. The molecule has 0 saturated carbocycles. The number of hydrogen-bond acceptors (Lipinski definition) is 5. The zero-order valence-corrected chi connectivity index (χ0v) is 14.3. The average molecular weight is 320 g/mol. The summed E-state index contributed by atoms with van der Waals surface area (Å²) in [5.41, 5.74) is 2.33. The summed E-state index contributed by atoms with van der Waals surface area (Å²) in [6.45, 7) is 6.99. The minimum Gasteiger partial charge on any atom is -0.373 e. The van der Waals surface area contributed by atoms with Crippen LogP contribution in [0.1, 0.15) is 48.6 Å². The summed E-state index contributed by atoms with van der Waals surface area (Å²) in [6, 6.07) is 0. The number of thiazole rings is 1. The lowest BCUT2D eigenvalue weighted by Crippen LogP contribution is -2.24. The maximum atomic E-state index is 5.90. The summed E-state index contributed by atoms with van der Waals surface area (Å²) >= 11 is 1.75. The van der Waals surface area contributed by atoms with Crippen LogP contribution in [0.25, 0.3) is 0 Å². The van der Waals surface area contributed by atoms with Crippen LogP contribution < -0.4 is 5.32 Å². The molecule has 2 aromatic heterocycles. The molecule has 0 spiro atoms. The molecule has 1 saturated heterocycles. The first kappa shape index (κ1) is 15.6. The van der Waals surface area contributed by atoms with Crippen molar-refractivity contribution in [2.75, 3.05) is 13.2 Å². The fourth-order valence-electron chi connectivity index (χ4n) is 2.85. The van der Waals surface area contributed by atoms with Gasteiger partial charge in [0.1, 0.15) is 0 Å². The number of nitrogens with zero attached hydrogens (tertiary/aromatic N) is 3. The largest absolute Gasteiger partial charge is 0.373 e. The molecule has 22 heavy (non-hydrogen) atoms. The predicted molar refractivity (Wildman–Crippen MR) is 87.9 cm³/mol. The van der Waals surface area contributed by atoms with Gasteiger partial charge in [0.2, 0.25) is 0 Å². The fourth-order valence-corrected chi connectivity index (χ4v) is 3.69. The second-order valence-corrected chi connectivity index (χ2v) is 7.14. The predicted octanol–water partition coefficient (Wildman–Crippen LogP) is 2.87. The molecule has 120 valence electrons. The minimum absolute atomic E-state index is 0.169. The summed E-state index contributed by atoms with van der Waals surface area (Å²) in [5, 5.41) is 11.2. The van der Waals surface area contributed by atoms with Crippen molar-refractivity contribution < 1.29 is 4.74 Å². The van der Waals surface area contributed by atoms with E-state index in [1.54, 1.807) is 11.3 Å². The normalized spacial score (nSPS) is 21.8. The summed E-state index contributed by atoms with van der Waals surface area (Å²) in [4.78, 5) is 4.67. The van der Waals surface area contributed by atoms with E-state index in [1.165, 1.54) is 10.6 Å². The zero-order valence-electron chi connectivity index (χ0n) is 13.5. The second-order valence-electron chi connectivity index (χ2n) is 6.25. The van der Waals surface area contributed by atoms with Crippen LogP contribution in [0.5, 0.6) is 0 Å². The van der Waals surface area contributed by atoms with Gasteiger partial charge < -0.3 is 10.1 Å². The molecule has 0 bridgehead atoms. The molecule has 0 radical (unpaired) electrons. The van der Waals surface area contributed by atoms with E-state index >= 15 is 0 Å². The molecule has 5 nitrogen and oxygen atoms in total. The Labute approximate surface area is 135 Å². The number of aryl methyl sites for hydroxylation is 1. The van der Waals surface area contributed by atoms with Crippen LogP contribution >= 0.6 is 11.3 Å². The third kappa shape index (κ3) is 3.56. The van der Waals surface area contributed by atoms with E-state index in [4.69, 9.17) is 4.74 Å². The summed E-state index contributed by atoms with van der Waals surface area (Å²) in [5.74, 6) is 1.02. The van der Waals surface area contributed by atoms with Gasteiger partial charge in [-0.05, 0) is 6.42 Å². The van der Waals surface area contributed by atoms with Gasteiger partial charge in [0.15, 0.2) is 0 Å². The molecule has 2 aromatic rings. The number of hydrogen-bond donors (Lipinski definition) is 1. The van der Waals surface area contributed by atoms with Gasteiger partial charge in [0, 0.05) is 55.7 Å². The van der Waals surface area contributed by atoms with Gasteiger partial charge in [-0.15, -0.1) is 11.3 Å². The molecule has 1 aliphatic heterocycles. The maximum absolute atomic E-state index is 5.90. The molecule has 1 N–H and O–H groups in total. The molecule has 0 aromatic carbocycles. The van der Waals surface area contributed by atoms with E-state index in [2.05, 4.69) is 40.8 Å². The second kappa shape index (κ2) is 6.89. The van der Waals surface area contributed by atoms with Gasteiger partial charge in [-0.2, -0.15) is 5.10 Å². The van der Waals surface area contributed by atoms with Gasteiger partial charge in [-0.3, -0.25) is 4.68 Å². The third-order valence-corrected chi connectivity index (χ3v) is 5.24. The highest BCUT2D eigenvalue weighted by molar-refractivity contribution is 7.09. The quantitative estimate of drug-likeness (QED) is 0.889. The molecule has 0 unspecified atom stereocenters. The highest BCUT2D eigenvalue weighted by atomic mass is 32.1. The van der Waals surface area contributed by atoms with Gasteiger partial charge in [-0.25, -0.2) is 4.98 Å². The van der Waals surface area contributed by atoms with Crippen molar-refractivity contribution in [3.05, 3.63) is 34.0 Å². The van der Waals surface area contributed by atoms with Crippen LogP contribution in [0.15, 0.2) is 17.8 Å². The molecule has 3 heterocycles. The summed E-state index contributed by atoms with van der Waals surface area (Å²) < 4.78 is 7.73. The first-order valence-electron chi connectivity index (χ1n) is 7.88. The Morgan fingerprint density at radius 2 is 2.36 bits per heavy atom. The zero-order chi connectivity index (χ0) is 15.5. The van der Waals surface area contributed by atoms with Gasteiger partial charge in [0.25, 0.3) is 0 Å². The van der Waals surface area contributed by atoms with Gasteiger partial charge in [-0.1, -0.05) is 13.8 Å². The standard InChI is InChI=1S/C16H24N4OS/c1-11(2)16-19-14(10-22-16)8-17-6-12-4-5-21-15(12)13-7-18-20(3)9-13/h7,9-12,15,17H,4-6,8H2,1-3H3/t12-,15+/m1/s1. The van der Waals surface area contributed by atoms with Crippen LogP contribution in [0.2, 0.25) is 0 Å². The van der Waals surface area contributed by atoms with Crippen molar-refractivity contribution in [1.82, 2.24) is 20.1 Å². The maximum Gasteiger partial charge on any atom is 0.0954 e. The molecular weight excluding hydrogens is 296 g/mol. The lowest BCUT2D eigenvalue weighted by Gasteiger charge is -2.17. The van der Waals surface area contributed by atoms with Crippen molar-refractivity contribution in [3.63, 3.8) is 0 Å². The van der Waals surface area contributed by atoms with Crippen LogP contribution in [0, 0.1) is 5.92 Å². The van der Waals surface area contributed by atoms with Crippen molar-refractivity contribution in [2.45, 2.75) is 38.8 Å². The molecule has 1 aliphatic rings. The molecule has 0 amide bonds. The van der Waals surface area contributed by atoms with E-state index < -0.39 is 0 Å². The molecule has 3 rings (SSSR count). The Hall–Kier alpha value is -1.24.